The van der Waals surface area contributed by atoms with Crippen molar-refractivity contribution in [3.63, 3.8) is 0 Å². The van der Waals surface area contributed by atoms with Crippen molar-refractivity contribution in [2.45, 2.75) is 338 Å². The van der Waals surface area contributed by atoms with E-state index < -0.39 is 24.0 Å². The second-order valence-corrected chi connectivity index (χ2v) is 18.1. The summed E-state index contributed by atoms with van der Waals surface area (Å²) in [5, 5.41) is 49.1. The minimum absolute atomic E-state index is 0.341. The van der Waals surface area contributed by atoms with Crippen LogP contribution in [0.1, 0.15) is 332 Å². The Morgan fingerprint density at radius 1 is 0.258 bits per heavy atom. The molecule has 0 spiro atoms. The van der Waals surface area contributed by atoms with Crippen LogP contribution in [-0.2, 0) is 14.4 Å². The minimum Gasteiger partial charge on any atom is -0.481 e. The van der Waals surface area contributed by atoms with Crippen LogP contribution >= 0.6 is 0 Å². The maximum atomic E-state index is 10.1. The van der Waals surface area contributed by atoms with E-state index in [9.17, 15) is 14.4 Å². The number of rotatable bonds is 41. The van der Waals surface area contributed by atoms with Crippen molar-refractivity contribution in [3.05, 3.63) is 0 Å². The first kappa shape index (κ1) is 78.5. The van der Waals surface area contributed by atoms with Gasteiger partial charge in [-0.05, 0) is 19.3 Å². The molecule has 0 bridgehead atoms. The highest BCUT2D eigenvalue weighted by molar-refractivity contribution is 5.67. The Bertz CT molecular complexity index is 692. The zero-order valence-corrected chi connectivity index (χ0v) is 46.1. The van der Waals surface area contributed by atoms with E-state index in [0.717, 1.165) is 38.5 Å². The normalized spacial score (nSPS) is 9.95. The van der Waals surface area contributed by atoms with E-state index >= 15 is 0 Å². The number of carboxylic acid groups (broad SMARTS) is 3. The lowest BCUT2D eigenvalue weighted by molar-refractivity contribution is -0.138. The molecule has 0 rings (SSSR count). The highest BCUT2D eigenvalue weighted by Crippen LogP contribution is 2.10. The average Bonchev–Trinajstić information content (AvgIpc) is 3.30. The molecule has 0 atom stereocenters. The molecule has 0 saturated heterocycles. The van der Waals surface area contributed by atoms with Gasteiger partial charge in [-0.1, -0.05) is 293 Å². The number of carboxylic acids is 3. The topological polar surface area (TPSA) is 173 Å². The molecule has 0 aromatic heterocycles. The lowest BCUT2D eigenvalue weighted by Gasteiger charge is -1.98. The van der Waals surface area contributed by atoms with Crippen LogP contribution in [0, 0.1) is 0 Å². The van der Waals surface area contributed by atoms with Gasteiger partial charge in [-0.3, -0.25) is 14.4 Å². The van der Waals surface area contributed by atoms with E-state index in [1.54, 1.807) is 0 Å². The molecule has 0 saturated carbocycles. The second-order valence-electron chi connectivity index (χ2n) is 18.1. The van der Waals surface area contributed by atoms with Crippen LogP contribution in [-0.4, -0.2) is 67.9 Å². The van der Waals surface area contributed by atoms with Crippen molar-refractivity contribution in [2.75, 3.05) is 13.2 Å². The number of unbranched alkanes of at least 4 members (excludes halogenated alkanes) is 33. The van der Waals surface area contributed by atoms with E-state index in [0.29, 0.717) is 19.3 Å². The lowest BCUT2D eigenvalue weighted by Crippen LogP contribution is -2.15. The number of aliphatic hydroxyl groups excluding tert-OH is 3. The van der Waals surface area contributed by atoms with Gasteiger partial charge in [0.25, 0.3) is 0 Å². The number of hydrogen-bond donors (Lipinski definition) is 6. The first-order valence-electron chi connectivity index (χ1n) is 28.4. The monoisotopic (exact) mass is 951 g/mol. The van der Waals surface area contributed by atoms with Crippen molar-refractivity contribution < 1.29 is 45.0 Å². The van der Waals surface area contributed by atoms with E-state index in [1.807, 2.05) is 0 Å². The van der Waals surface area contributed by atoms with Gasteiger partial charge in [0.05, 0.1) is 13.2 Å². The fourth-order valence-corrected chi connectivity index (χ4v) is 6.32. The minimum atomic E-state index is -0.954. The molecule has 6 N–H and O–H groups in total. The molecule has 0 unspecified atom stereocenters. The molecule has 0 radical (unpaired) electrons. The summed E-state index contributed by atoms with van der Waals surface area (Å²) >= 11 is 0. The lowest BCUT2D eigenvalue weighted by atomic mass is 10.1. The highest BCUT2D eigenvalue weighted by Gasteiger charge is 1.98. The van der Waals surface area contributed by atoms with Crippen molar-refractivity contribution in [3.8, 4) is 0 Å². The maximum absolute atomic E-state index is 10.1. The molecule has 0 heterocycles. The van der Waals surface area contributed by atoms with Gasteiger partial charge < -0.3 is 30.6 Å². The molecule has 66 heavy (non-hydrogen) atoms. The zero-order chi connectivity index (χ0) is 51.4. The fourth-order valence-electron chi connectivity index (χ4n) is 6.32. The van der Waals surface area contributed by atoms with Crippen molar-refractivity contribution in [1.82, 2.24) is 0 Å². The first-order chi connectivity index (χ1) is 31.9. The summed E-state index contributed by atoms with van der Waals surface area (Å²) in [6, 6.07) is 0. The van der Waals surface area contributed by atoms with Crippen LogP contribution < -0.4 is 0 Å². The summed E-state index contributed by atoms with van der Waals surface area (Å²) in [4.78, 5) is 30.4. The Morgan fingerprint density at radius 2 is 0.379 bits per heavy atom. The molecular weight excluding hydrogens is 829 g/mol. The molecule has 0 aromatic carbocycles. The van der Waals surface area contributed by atoms with Gasteiger partial charge in [0.1, 0.15) is 6.10 Å². The summed E-state index contributed by atoms with van der Waals surface area (Å²) in [5.74, 6) is -1.99. The predicted molar refractivity (Wildman–Crippen MR) is 288 cm³/mol. The molecule has 9 heteroatoms. The smallest absolute Gasteiger partial charge is 0.303 e. The number of carbonyl (C=O) groups is 3. The zero-order valence-electron chi connectivity index (χ0n) is 46.1. The number of aliphatic hydroxyl groups is 3. The van der Waals surface area contributed by atoms with Gasteiger partial charge in [0.15, 0.2) is 0 Å². The van der Waals surface area contributed by atoms with Crippen LogP contribution in [0.5, 0.6) is 0 Å². The summed E-state index contributed by atoms with van der Waals surface area (Å²) in [7, 11) is 0. The standard InChI is InChI=1S/3C10H20O2.3C8H18.C3H8O3/c3*1-2-3-4-5-6-7-8-9-10(11)12;3*1-3-5-7-8-6-4-2;4-1-3(6)2-5/h3*2-9H2,1H3,(H,11,12);3*3-8H2,1-2H3;3-6H,1-2H2. The van der Waals surface area contributed by atoms with E-state index in [1.165, 1.54) is 212 Å². The van der Waals surface area contributed by atoms with Crippen LogP contribution in [0.4, 0.5) is 0 Å². The Morgan fingerprint density at radius 3 is 0.470 bits per heavy atom. The predicted octanol–water partition coefficient (Wildman–Crippen LogP) is 18.1. The van der Waals surface area contributed by atoms with Gasteiger partial charge in [-0.25, -0.2) is 0 Å². The van der Waals surface area contributed by atoms with E-state index in [-0.39, 0.29) is 13.2 Å². The van der Waals surface area contributed by atoms with Crippen molar-refractivity contribution >= 4 is 17.9 Å². The molecular formula is C57H122O9. The Kier molecular flexibility index (Phi) is 99.0. The Balaban J connectivity index is -0.000000125. The van der Waals surface area contributed by atoms with Crippen LogP contribution in [0.25, 0.3) is 0 Å². The average molecular weight is 952 g/mol. The maximum Gasteiger partial charge on any atom is 0.303 e. The quantitative estimate of drug-likeness (QED) is 0.0326. The summed E-state index contributed by atoms with van der Waals surface area (Å²) in [6.45, 7) is 19.4. The SMILES string of the molecule is CCCCCCCC.CCCCCCCC.CCCCCCCC.CCCCCCCCCC(=O)O.CCCCCCCCCC(=O)O.CCCCCCCCCC(=O)O.OCC(O)CO. The molecule has 0 fully saturated rings. The molecule has 0 aliphatic heterocycles. The second kappa shape index (κ2) is 83.3. The largest absolute Gasteiger partial charge is 0.481 e. The number of aliphatic carboxylic acids is 3. The Hall–Kier alpha value is -1.71. The molecule has 0 aliphatic carbocycles. The van der Waals surface area contributed by atoms with E-state index in [4.69, 9.17) is 30.6 Å². The van der Waals surface area contributed by atoms with Crippen molar-refractivity contribution in [1.29, 1.82) is 0 Å². The summed E-state index contributed by atoms with van der Waals surface area (Å²) < 4.78 is 0. The van der Waals surface area contributed by atoms with E-state index in [2.05, 4.69) is 62.3 Å². The molecule has 0 aromatic rings. The molecule has 404 valence electrons. The molecule has 0 aliphatic rings. The number of hydrogen-bond acceptors (Lipinski definition) is 6. The van der Waals surface area contributed by atoms with Gasteiger partial charge in [-0.15, -0.1) is 0 Å². The third kappa shape index (κ3) is 119. The molecule has 9 nitrogen and oxygen atoms in total. The Labute approximate surface area is 412 Å². The summed E-state index contributed by atoms with van der Waals surface area (Å²) in [5.41, 5.74) is 0. The van der Waals surface area contributed by atoms with Gasteiger partial charge in [-0.2, -0.15) is 0 Å². The van der Waals surface area contributed by atoms with Crippen molar-refractivity contribution in [2.24, 2.45) is 0 Å². The van der Waals surface area contributed by atoms with Crippen LogP contribution in [0.2, 0.25) is 0 Å². The third-order valence-corrected chi connectivity index (χ3v) is 10.8. The summed E-state index contributed by atoms with van der Waals surface area (Å²) in [6.07, 6.45) is 50.4. The van der Waals surface area contributed by atoms with Gasteiger partial charge in [0.2, 0.25) is 0 Å². The van der Waals surface area contributed by atoms with Crippen LogP contribution in [0.15, 0.2) is 0 Å². The van der Waals surface area contributed by atoms with Gasteiger partial charge in [0, 0.05) is 19.3 Å². The highest BCUT2D eigenvalue weighted by atomic mass is 16.4. The van der Waals surface area contributed by atoms with Gasteiger partial charge >= 0.3 is 17.9 Å². The van der Waals surface area contributed by atoms with Crippen LogP contribution in [0.3, 0.4) is 0 Å². The third-order valence-electron chi connectivity index (χ3n) is 10.8. The molecule has 0 amide bonds. The first-order valence-corrected chi connectivity index (χ1v) is 28.4. The fraction of sp³-hybridized carbons (Fsp3) is 0.947.